The third-order valence-electron chi connectivity index (χ3n) is 5.05. The summed E-state index contributed by atoms with van der Waals surface area (Å²) in [5, 5.41) is 6.79. The minimum atomic E-state index is 0.266. The van der Waals surface area contributed by atoms with Gasteiger partial charge in [-0.25, -0.2) is 4.68 Å². The van der Waals surface area contributed by atoms with Crippen LogP contribution in [0, 0.1) is 0 Å². The van der Waals surface area contributed by atoms with Gasteiger partial charge >= 0.3 is 0 Å². The zero-order valence-electron chi connectivity index (χ0n) is 15.4. The lowest BCUT2D eigenvalue weighted by atomic mass is 9.96. The summed E-state index contributed by atoms with van der Waals surface area (Å²) in [6.07, 6.45) is 9.63. The minimum absolute atomic E-state index is 0.266. The molecule has 1 aromatic carbocycles. The summed E-state index contributed by atoms with van der Waals surface area (Å²) in [5.74, 6) is 2.30. The van der Waals surface area contributed by atoms with E-state index in [1.54, 1.807) is 17.6 Å². The highest BCUT2D eigenvalue weighted by Crippen LogP contribution is 2.32. The van der Waals surface area contributed by atoms with Crippen LogP contribution in [0.15, 0.2) is 56.5 Å². The summed E-state index contributed by atoms with van der Waals surface area (Å²) in [5.41, 5.74) is 1.85. The molecule has 6 nitrogen and oxygen atoms in total. The normalized spacial score (nSPS) is 17.6. The number of nitrogens with zero attached hydrogens (tertiary/aromatic N) is 3. The van der Waals surface area contributed by atoms with E-state index >= 15 is 0 Å². The van der Waals surface area contributed by atoms with Crippen LogP contribution in [0.1, 0.15) is 37.7 Å². The Morgan fingerprint density at radius 1 is 1.07 bits per heavy atom. The molecule has 7 heteroatoms. The Balaban J connectivity index is 1.52. The van der Waals surface area contributed by atoms with Crippen molar-refractivity contribution in [3.63, 3.8) is 0 Å². The quantitative estimate of drug-likeness (QED) is 0.604. The molecule has 1 aliphatic carbocycles. The van der Waals surface area contributed by atoms with Gasteiger partial charge in [-0.2, -0.15) is 5.10 Å². The average Bonchev–Trinajstić information content (AvgIpc) is 3.47. The molecule has 0 spiro atoms. The Bertz CT molecular complexity index is 1040. The number of rotatable bonds is 4. The molecule has 0 radical (unpaired) electrons. The van der Waals surface area contributed by atoms with Crippen molar-refractivity contribution in [2.45, 2.75) is 38.1 Å². The lowest BCUT2D eigenvalue weighted by Gasteiger charge is -2.16. The van der Waals surface area contributed by atoms with Crippen molar-refractivity contribution in [1.29, 1.82) is 0 Å². The molecule has 1 fully saturated rings. The Morgan fingerprint density at radius 3 is 2.82 bits per heavy atom. The van der Waals surface area contributed by atoms with Gasteiger partial charge in [0.05, 0.1) is 18.5 Å². The number of hydrogen-bond acceptors (Lipinski definition) is 6. The second kappa shape index (κ2) is 7.67. The van der Waals surface area contributed by atoms with E-state index in [4.69, 9.17) is 24.0 Å². The average molecular weight is 395 g/mol. The van der Waals surface area contributed by atoms with Crippen molar-refractivity contribution < 1.29 is 13.9 Å². The monoisotopic (exact) mass is 395 g/mol. The maximum Gasteiger partial charge on any atom is 0.231 e. The summed E-state index contributed by atoms with van der Waals surface area (Å²) >= 11 is 1.60. The minimum Gasteiger partial charge on any atom is -0.463 e. The zero-order chi connectivity index (χ0) is 18.8. The van der Waals surface area contributed by atoms with Gasteiger partial charge in [0.15, 0.2) is 17.3 Å². The third kappa shape index (κ3) is 3.49. The molecule has 2 aliphatic rings. The van der Waals surface area contributed by atoms with E-state index in [1.807, 2.05) is 41.2 Å². The van der Waals surface area contributed by atoms with Crippen molar-refractivity contribution in [1.82, 2.24) is 4.68 Å². The molecule has 0 bridgehead atoms. The molecule has 144 valence electrons. The van der Waals surface area contributed by atoms with E-state index in [-0.39, 0.29) is 6.79 Å². The highest BCUT2D eigenvalue weighted by atomic mass is 32.1. The van der Waals surface area contributed by atoms with Crippen LogP contribution >= 0.6 is 11.3 Å². The van der Waals surface area contributed by atoms with Gasteiger partial charge in [-0.05, 0) is 48.7 Å². The van der Waals surface area contributed by atoms with Gasteiger partial charge in [-0.1, -0.05) is 19.3 Å². The van der Waals surface area contributed by atoms with Crippen LogP contribution in [0.5, 0.6) is 11.5 Å². The van der Waals surface area contributed by atoms with Gasteiger partial charge < -0.3 is 13.9 Å². The summed E-state index contributed by atoms with van der Waals surface area (Å²) in [4.78, 5) is 5.90. The number of furan rings is 1. The second-order valence-corrected chi connectivity index (χ2v) is 7.81. The molecule has 1 aliphatic heterocycles. The van der Waals surface area contributed by atoms with Crippen molar-refractivity contribution in [3.05, 3.63) is 52.3 Å². The molecule has 0 N–H and O–H groups in total. The zero-order valence-corrected chi connectivity index (χ0v) is 16.2. The van der Waals surface area contributed by atoms with Crippen LogP contribution < -0.4 is 14.3 Å². The molecule has 0 saturated heterocycles. The van der Waals surface area contributed by atoms with Gasteiger partial charge in [-0.15, -0.1) is 11.3 Å². The maximum absolute atomic E-state index is 5.61. The fraction of sp³-hybridized carbons (Fsp3) is 0.333. The van der Waals surface area contributed by atoms with Crippen molar-refractivity contribution in [3.8, 4) is 23.0 Å². The largest absolute Gasteiger partial charge is 0.463 e. The maximum atomic E-state index is 5.61. The first-order chi connectivity index (χ1) is 13.9. The highest BCUT2D eigenvalue weighted by Gasteiger charge is 2.15. The summed E-state index contributed by atoms with van der Waals surface area (Å²) in [6.45, 7) is 0.266. The molecule has 0 unspecified atom stereocenters. The van der Waals surface area contributed by atoms with Crippen LogP contribution in [0.4, 0.5) is 0 Å². The van der Waals surface area contributed by atoms with Crippen LogP contribution in [0.3, 0.4) is 0 Å². The van der Waals surface area contributed by atoms with Crippen LogP contribution in [-0.2, 0) is 0 Å². The van der Waals surface area contributed by atoms with E-state index < -0.39 is 0 Å². The lowest BCUT2D eigenvalue weighted by molar-refractivity contribution is 0.174. The topological polar surface area (TPSA) is 61.2 Å². The molecule has 0 atom stereocenters. The predicted molar refractivity (Wildman–Crippen MR) is 108 cm³/mol. The number of fused-ring (bicyclic) bond motifs is 1. The lowest BCUT2D eigenvalue weighted by Crippen LogP contribution is -2.18. The number of ether oxygens (including phenoxy) is 2. The van der Waals surface area contributed by atoms with Gasteiger partial charge in [-0.3, -0.25) is 4.99 Å². The van der Waals surface area contributed by atoms with Gasteiger partial charge in [0, 0.05) is 5.38 Å². The molecule has 0 amide bonds. The molecule has 1 saturated carbocycles. The molecular weight excluding hydrogens is 374 g/mol. The van der Waals surface area contributed by atoms with E-state index in [0.717, 1.165) is 46.2 Å². The third-order valence-corrected chi connectivity index (χ3v) is 5.88. The molecule has 28 heavy (non-hydrogen) atoms. The fourth-order valence-electron chi connectivity index (χ4n) is 3.58. The first-order valence-electron chi connectivity index (χ1n) is 9.59. The summed E-state index contributed by atoms with van der Waals surface area (Å²) in [7, 11) is 0. The number of hydrogen-bond donors (Lipinski definition) is 0. The summed E-state index contributed by atoms with van der Waals surface area (Å²) < 4.78 is 18.3. The molecular formula is C21H21N3O3S. The Morgan fingerprint density at radius 2 is 1.96 bits per heavy atom. The van der Waals surface area contributed by atoms with E-state index in [1.165, 1.54) is 19.3 Å². The molecule has 3 aromatic rings. The van der Waals surface area contributed by atoms with E-state index in [0.29, 0.717) is 6.04 Å². The molecule has 5 rings (SSSR count). The van der Waals surface area contributed by atoms with Crippen molar-refractivity contribution in [2.75, 3.05) is 6.79 Å². The standard InChI is InChI=1S/C21H21N3O3S/c1-2-5-16(6-3-1)23-21-24(17(13-28-21)18-7-4-10-25-18)22-12-15-8-9-19-20(11-15)27-14-26-19/h4,7-13,16H,1-3,5-6,14H2. The highest BCUT2D eigenvalue weighted by molar-refractivity contribution is 7.07. The first-order valence-corrected chi connectivity index (χ1v) is 10.5. The molecule has 3 heterocycles. The van der Waals surface area contributed by atoms with E-state index in [9.17, 15) is 0 Å². The van der Waals surface area contributed by atoms with Crippen LogP contribution in [0.25, 0.3) is 11.5 Å². The number of thiazole rings is 1. The van der Waals surface area contributed by atoms with Gasteiger partial charge in [0.1, 0.15) is 5.69 Å². The SMILES string of the molecule is C(=Nn1c(-c2ccco2)csc1=NC1CCCCC1)c1ccc2c(c1)OCO2. The fourth-order valence-corrected chi connectivity index (χ4v) is 4.47. The Kier molecular flexibility index (Phi) is 4.74. The molecule has 2 aromatic heterocycles. The predicted octanol–water partition coefficient (Wildman–Crippen LogP) is 4.65. The van der Waals surface area contributed by atoms with Crippen LogP contribution in [0.2, 0.25) is 0 Å². The first kappa shape index (κ1) is 17.3. The van der Waals surface area contributed by atoms with Gasteiger partial charge in [0.25, 0.3) is 0 Å². The second-order valence-electron chi connectivity index (χ2n) is 6.97. The Labute approximate surface area is 166 Å². The van der Waals surface area contributed by atoms with E-state index in [2.05, 4.69) is 5.38 Å². The van der Waals surface area contributed by atoms with Crippen molar-refractivity contribution >= 4 is 17.6 Å². The number of benzene rings is 1. The Hall–Kier alpha value is -2.80. The van der Waals surface area contributed by atoms with Crippen LogP contribution in [-0.4, -0.2) is 23.7 Å². The van der Waals surface area contributed by atoms with Gasteiger partial charge in [0.2, 0.25) is 11.6 Å². The van der Waals surface area contributed by atoms with Crippen molar-refractivity contribution in [2.24, 2.45) is 10.1 Å². The smallest absolute Gasteiger partial charge is 0.231 e. The number of aromatic nitrogens is 1. The summed E-state index contributed by atoms with van der Waals surface area (Å²) in [6, 6.07) is 10.0.